The Morgan fingerprint density at radius 3 is 2.81 bits per heavy atom. The highest BCUT2D eigenvalue weighted by Gasteiger charge is 2.35. The summed E-state index contributed by atoms with van der Waals surface area (Å²) in [4.78, 5) is 26.6. The smallest absolute Gasteiger partial charge is 0.231 e. The van der Waals surface area contributed by atoms with Gasteiger partial charge in [0, 0.05) is 24.7 Å². The molecule has 0 aliphatic carbocycles. The molecule has 2 amide bonds. The number of hydrogen-bond acceptors (Lipinski definition) is 4. The molecule has 0 spiro atoms. The van der Waals surface area contributed by atoms with Gasteiger partial charge in [0.1, 0.15) is 0 Å². The molecule has 1 fully saturated rings. The van der Waals surface area contributed by atoms with Crippen LogP contribution in [0.1, 0.15) is 12.0 Å². The van der Waals surface area contributed by atoms with Gasteiger partial charge in [-0.1, -0.05) is 17.7 Å². The number of ether oxygens (including phenoxy) is 2. The van der Waals surface area contributed by atoms with Crippen molar-refractivity contribution in [1.82, 2.24) is 0 Å². The maximum Gasteiger partial charge on any atom is 0.231 e. The molecule has 6 nitrogen and oxygen atoms in total. The Balaban J connectivity index is 1.48. The first-order valence-corrected chi connectivity index (χ1v) is 8.66. The average molecular weight is 373 g/mol. The summed E-state index contributed by atoms with van der Waals surface area (Å²) in [5, 5.41) is 3.30. The van der Waals surface area contributed by atoms with Crippen LogP contribution in [0.25, 0.3) is 0 Å². The number of hydrogen-bond donors (Lipinski definition) is 1. The van der Waals surface area contributed by atoms with E-state index in [1.165, 1.54) is 0 Å². The summed E-state index contributed by atoms with van der Waals surface area (Å²) < 4.78 is 10.6. The predicted molar refractivity (Wildman–Crippen MR) is 97.8 cm³/mol. The molecule has 134 valence electrons. The van der Waals surface area contributed by atoms with Crippen molar-refractivity contribution in [1.29, 1.82) is 0 Å². The molecule has 1 N–H and O–H groups in total. The van der Waals surface area contributed by atoms with Crippen molar-refractivity contribution in [2.45, 2.75) is 13.3 Å². The van der Waals surface area contributed by atoms with Crippen molar-refractivity contribution in [3.05, 3.63) is 47.0 Å². The summed E-state index contributed by atoms with van der Waals surface area (Å²) in [7, 11) is 0. The molecule has 2 aromatic carbocycles. The summed E-state index contributed by atoms with van der Waals surface area (Å²) in [6.45, 7) is 2.42. The van der Waals surface area contributed by atoms with Gasteiger partial charge >= 0.3 is 0 Å². The molecule has 0 radical (unpaired) electrons. The lowest BCUT2D eigenvalue weighted by molar-refractivity contribution is -0.122. The fourth-order valence-corrected chi connectivity index (χ4v) is 3.42. The van der Waals surface area contributed by atoms with Crippen LogP contribution in [0.3, 0.4) is 0 Å². The molecular weight excluding hydrogens is 356 g/mol. The van der Waals surface area contributed by atoms with E-state index in [2.05, 4.69) is 5.32 Å². The average Bonchev–Trinajstić information content (AvgIpc) is 3.23. The fraction of sp³-hybridized carbons (Fsp3) is 0.263. The standard InChI is InChI=1S/C19H17ClN2O4/c1-11-2-4-15(14(20)6-11)21-19(24)12-7-18(23)22(9-12)13-3-5-16-17(8-13)26-10-25-16/h2-6,8,12H,7,9-10H2,1H3,(H,21,24). The van der Waals surface area contributed by atoms with Crippen LogP contribution in [-0.4, -0.2) is 25.2 Å². The Morgan fingerprint density at radius 1 is 1.19 bits per heavy atom. The highest BCUT2D eigenvalue weighted by Crippen LogP contribution is 2.37. The molecule has 0 aromatic heterocycles. The van der Waals surface area contributed by atoms with Crippen molar-refractivity contribution in [3.63, 3.8) is 0 Å². The van der Waals surface area contributed by atoms with Crippen LogP contribution in [-0.2, 0) is 9.59 Å². The van der Waals surface area contributed by atoms with Gasteiger partial charge < -0.3 is 19.7 Å². The number of aryl methyl sites for hydroxylation is 1. The molecule has 1 saturated heterocycles. The van der Waals surface area contributed by atoms with Crippen molar-refractivity contribution in [2.24, 2.45) is 5.92 Å². The number of halogens is 1. The van der Waals surface area contributed by atoms with E-state index < -0.39 is 5.92 Å². The third kappa shape index (κ3) is 3.08. The maximum atomic E-state index is 12.6. The minimum absolute atomic E-state index is 0.0981. The number of amides is 2. The zero-order valence-corrected chi connectivity index (χ0v) is 14.9. The monoisotopic (exact) mass is 372 g/mol. The first-order chi connectivity index (χ1) is 12.5. The maximum absolute atomic E-state index is 12.6. The molecule has 7 heteroatoms. The van der Waals surface area contributed by atoms with Crippen LogP contribution >= 0.6 is 11.6 Å². The molecule has 0 bridgehead atoms. The number of rotatable bonds is 3. The number of anilines is 2. The quantitative estimate of drug-likeness (QED) is 0.897. The van der Waals surface area contributed by atoms with E-state index in [1.54, 1.807) is 35.2 Å². The molecule has 1 atom stereocenters. The highest BCUT2D eigenvalue weighted by atomic mass is 35.5. The Kier molecular flexibility index (Phi) is 4.20. The third-order valence-corrected chi connectivity index (χ3v) is 4.86. The van der Waals surface area contributed by atoms with E-state index >= 15 is 0 Å². The van der Waals surface area contributed by atoms with Crippen LogP contribution in [0, 0.1) is 12.8 Å². The third-order valence-electron chi connectivity index (χ3n) is 4.55. The van der Waals surface area contributed by atoms with Crippen LogP contribution in [0.4, 0.5) is 11.4 Å². The van der Waals surface area contributed by atoms with Gasteiger partial charge in [0.2, 0.25) is 18.6 Å². The summed E-state index contributed by atoms with van der Waals surface area (Å²) in [6, 6.07) is 10.8. The second-order valence-corrected chi connectivity index (χ2v) is 6.82. The number of nitrogens with zero attached hydrogens (tertiary/aromatic N) is 1. The first kappa shape index (κ1) is 16.7. The van der Waals surface area contributed by atoms with E-state index in [0.29, 0.717) is 34.4 Å². The van der Waals surface area contributed by atoms with Gasteiger partial charge in [-0.2, -0.15) is 0 Å². The Bertz CT molecular complexity index is 899. The van der Waals surface area contributed by atoms with Crippen LogP contribution in [0.15, 0.2) is 36.4 Å². The minimum atomic E-state index is -0.440. The zero-order chi connectivity index (χ0) is 18.3. The summed E-state index contributed by atoms with van der Waals surface area (Å²) in [5.74, 6) is 0.509. The van der Waals surface area contributed by atoms with Gasteiger partial charge in [0.05, 0.1) is 16.6 Å². The molecule has 26 heavy (non-hydrogen) atoms. The van der Waals surface area contributed by atoms with Gasteiger partial charge in [0.25, 0.3) is 0 Å². The van der Waals surface area contributed by atoms with E-state index in [9.17, 15) is 9.59 Å². The second-order valence-electron chi connectivity index (χ2n) is 6.42. The highest BCUT2D eigenvalue weighted by molar-refractivity contribution is 6.33. The van der Waals surface area contributed by atoms with E-state index in [-0.39, 0.29) is 25.0 Å². The van der Waals surface area contributed by atoms with Gasteiger partial charge in [-0.15, -0.1) is 0 Å². The molecule has 4 rings (SSSR count). The Hall–Kier alpha value is -2.73. The zero-order valence-electron chi connectivity index (χ0n) is 14.1. The molecule has 2 aliphatic rings. The van der Waals surface area contributed by atoms with Crippen molar-refractivity contribution >= 4 is 34.8 Å². The first-order valence-electron chi connectivity index (χ1n) is 8.28. The summed E-state index contributed by atoms with van der Waals surface area (Å²) in [5.41, 5.74) is 2.26. The second kappa shape index (κ2) is 6.53. The van der Waals surface area contributed by atoms with Crippen molar-refractivity contribution < 1.29 is 19.1 Å². The minimum Gasteiger partial charge on any atom is -0.454 e. The van der Waals surface area contributed by atoms with Crippen LogP contribution < -0.4 is 19.7 Å². The molecule has 2 heterocycles. The number of carbonyl (C=O) groups excluding carboxylic acids is 2. The lowest BCUT2D eigenvalue weighted by atomic mass is 10.1. The van der Waals surface area contributed by atoms with Gasteiger partial charge in [-0.3, -0.25) is 9.59 Å². The van der Waals surface area contributed by atoms with Gasteiger partial charge in [-0.05, 0) is 36.8 Å². The SMILES string of the molecule is Cc1ccc(NC(=O)C2CC(=O)N(c3ccc4c(c3)OCO4)C2)c(Cl)c1. The number of carbonyl (C=O) groups is 2. The Morgan fingerprint density at radius 2 is 2.00 bits per heavy atom. The number of fused-ring (bicyclic) bond motifs is 1. The molecule has 1 unspecified atom stereocenters. The van der Waals surface area contributed by atoms with Crippen LogP contribution in [0.5, 0.6) is 11.5 Å². The molecule has 2 aromatic rings. The van der Waals surface area contributed by atoms with Gasteiger partial charge in [-0.25, -0.2) is 0 Å². The lowest BCUT2D eigenvalue weighted by Gasteiger charge is -2.17. The Labute approximate surface area is 155 Å². The van der Waals surface area contributed by atoms with Crippen molar-refractivity contribution in [2.75, 3.05) is 23.6 Å². The molecular formula is C19H17ClN2O4. The normalized spacial score (nSPS) is 18.3. The largest absolute Gasteiger partial charge is 0.454 e. The molecule has 2 aliphatic heterocycles. The van der Waals surface area contributed by atoms with E-state index in [4.69, 9.17) is 21.1 Å². The van der Waals surface area contributed by atoms with Crippen molar-refractivity contribution in [3.8, 4) is 11.5 Å². The topological polar surface area (TPSA) is 67.9 Å². The van der Waals surface area contributed by atoms with E-state index in [1.807, 2.05) is 13.0 Å². The predicted octanol–water partition coefficient (Wildman–Crippen LogP) is 3.37. The summed E-state index contributed by atoms with van der Waals surface area (Å²) >= 11 is 6.17. The fourth-order valence-electron chi connectivity index (χ4n) is 3.14. The van der Waals surface area contributed by atoms with Gasteiger partial charge in [0.15, 0.2) is 11.5 Å². The van der Waals surface area contributed by atoms with Crippen LogP contribution in [0.2, 0.25) is 5.02 Å². The number of benzene rings is 2. The summed E-state index contributed by atoms with van der Waals surface area (Å²) in [6.07, 6.45) is 0.157. The van der Waals surface area contributed by atoms with E-state index in [0.717, 1.165) is 5.56 Å². The lowest BCUT2D eigenvalue weighted by Crippen LogP contribution is -2.28. The molecule has 0 saturated carbocycles. The number of nitrogens with one attached hydrogen (secondary N) is 1.